The smallest absolute Gasteiger partial charge is 0.253 e. The molecule has 1 aromatic rings. The first kappa shape index (κ1) is 35.7. The van der Waals surface area contributed by atoms with Crippen LogP contribution in [0.4, 0.5) is 11.4 Å². The minimum absolute atomic E-state index is 0.228. The highest BCUT2D eigenvalue weighted by atomic mass is 16.9. The summed E-state index contributed by atoms with van der Waals surface area (Å²) in [6.07, 6.45) is -3.26. The van der Waals surface area contributed by atoms with E-state index in [1.54, 1.807) is 34.6 Å². The van der Waals surface area contributed by atoms with Gasteiger partial charge >= 0.3 is 0 Å². The number of aliphatic hydroxyl groups is 1. The van der Waals surface area contributed by atoms with E-state index in [1.165, 1.54) is 0 Å². The van der Waals surface area contributed by atoms with Crippen molar-refractivity contribution in [2.24, 2.45) is 5.92 Å². The molecule has 8 atom stereocenters. The van der Waals surface area contributed by atoms with Crippen LogP contribution in [0.3, 0.4) is 0 Å². The lowest BCUT2D eigenvalue weighted by molar-refractivity contribution is -0.367. The van der Waals surface area contributed by atoms with Gasteiger partial charge in [0.1, 0.15) is 0 Å². The van der Waals surface area contributed by atoms with E-state index in [9.17, 15) is 5.11 Å². The maximum absolute atomic E-state index is 10.4. The van der Waals surface area contributed by atoms with Gasteiger partial charge in [-0.3, -0.25) is 0 Å². The summed E-state index contributed by atoms with van der Waals surface area (Å²) in [6, 6.07) is 4.19. The van der Waals surface area contributed by atoms with Gasteiger partial charge in [0.15, 0.2) is 37.7 Å². The third kappa shape index (κ3) is 9.49. The number of nitrogens with two attached hydrogens (primary N) is 1. The van der Waals surface area contributed by atoms with E-state index in [0.717, 1.165) is 28.9 Å². The lowest BCUT2D eigenvalue weighted by Gasteiger charge is -2.56. The zero-order valence-electron chi connectivity index (χ0n) is 27.5. The van der Waals surface area contributed by atoms with Gasteiger partial charge in [-0.2, -0.15) is 0 Å². The fourth-order valence-electron chi connectivity index (χ4n) is 5.63. The average Bonchev–Trinajstić information content (AvgIpc) is 2.78. The zero-order chi connectivity index (χ0) is 31.3. The molecule has 0 saturated heterocycles. The lowest BCUT2D eigenvalue weighted by atomic mass is 9.76. The topological polar surface area (TPSA) is 114 Å². The first-order valence-electron chi connectivity index (χ1n) is 14.9. The van der Waals surface area contributed by atoms with Crippen LogP contribution in [-0.2, 0) is 39.6 Å². The molecule has 0 radical (unpaired) electrons. The van der Waals surface area contributed by atoms with E-state index >= 15 is 0 Å². The van der Waals surface area contributed by atoms with Gasteiger partial charge in [0.05, 0.1) is 0 Å². The SMILES string of the molecule is CCOC(C)OC(C)OC(C)OC(C)OC(C)OC(C)(OC(C)O)N1c2cc(C(C)C)c(N)cc2CC(C)C1(C)C. The van der Waals surface area contributed by atoms with Crippen LogP contribution in [0, 0.1) is 5.92 Å². The second-order valence-electron chi connectivity index (χ2n) is 11.9. The Kier molecular flexibility index (Phi) is 12.9. The highest BCUT2D eigenvalue weighted by Gasteiger charge is 2.50. The molecule has 0 bridgehead atoms. The van der Waals surface area contributed by atoms with Gasteiger partial charge < -0.3 is 48.9 Å². The van der Waals surface area contributed by atoms with E-state index in [-0.39, 0.29) is 11.8 Å². The first-order chi connectivity index (χ1) is 18.9. The average molecular weight is 585 g/mol. The van der Waals surface area contributed by atoms with Gasteiger partial charge in [0.25, 0.3) is 5.91 Å². The second kappa shape index (κ2) is 14.8. The number of aliphatic hydroxyl groups excluding tert-OH is 1. The van der Waals surface area contributed by atoms with E-state index in [0.29, 0.717) is 6.61 Å². The second-order valence-corrected chi connectivity index (χ2v) is 11.9. The fourth-order valence-corrected chi connectivity index (χ4v) is 5.63. The zero-order valence-corrected chi connectivity index (χ0v) is 27.5. The minimum atomic E-state index is -1.40. The van der Waals surface area contributed by atoms with E-state index in [4.69, 9.17) is 38.9 Å². The van der Waals surface area contributed by atoms with Gasteiger partial charge in [-0.05, 0) is 104 Å². The molecule has 0 amide bonds. The van der Waals surface area contributed by atoms with Gasteiger partial charge in [-0.15, -0.1) is 0 Å². The monoisotopic (exact) mass is 584 g/mol. The van der Waals surface area contributed by atoms with Crippen LogP contribution in [-0.4, -0.2) is 60.9 Å². The van der Waals surface area contributed by atoms with Crippen LogP contribution in [0.1, 0.15) is 107 Å². The molecule has 41 heavy (non-hydrogen) atoms. The molecule has 1 aromatic carbocycles. The molecule has 3 N–H and O–H groups in total. The molecule has 10 nitrogen and oxygen atoms in total. The molecule has 8 unspecified atom stereocenters. The van der Waals surface area contributed by atoms with Crippen molar-refractivity contribution < 1.29 is 38.3 Å². The van der Waals surface area contributed by atoms with Gasteiger partial charge in [-0.25, -0.2) is 0 Å². The highest BCUT2D eigenvalue weighted by molar-refractivity contribution is 5.68. The summed E-state index contributed by atoms with van der Waals surface area (Å²) in [6.45, 7) is 25.5. The number of fused-ring (bicyclic) bond motifs is 1. The number of benzene rings is 1. The first-order valence-corrected chi connectivity index (χ1v) is 14.9. The Morgan fingerprint density at radius 3 is 1.90 bits per heavy atom. The molecule has 0 aliphatic carbocycles. The summed E-state index contributed by atoms with van der Waals surface area (Å²) in [7, 11) is 0. The summed E-state index contributed by atoms with van der Waals surface area (Å²) in [5, 5.41) is 10.4. The summed E-state index contributed by atoms with van der Waals surface area (Å²) in [5.41, 5.74) is 9.94. The molecule has 0 fully saturated rings. The molecular formula is C31H56N2O8. The van der Waals surface area contributed by atoms with Crippen molar-refractivity contribution in [2.45, 2.75) is 152 Å². The van der Waals surface area contributed by atoms with Gasteiger partial charge in [0, 0.05) is 30.4 Å². The maximum atomic E-state index is 10.4. The number of nitrogens with zero attached hydrogens (tertiary/aromatic N) is 1. The molecule has 1 aliphatic rings. The Hall–Kier alpha value is -1.50. The van der Waals surface area contributed by atoms with Crippen LogP contribution in [0.15, 0.2) is 12.1 Å². The third-order valence-corrected chi connectivity index (χ3v) is 7.57. The normalized spacial score (nSPS) is 22.9. The Morgan fingerprint density at radius 2 is 1.41 bits per heavy atom. The standard InChI is InChI=1S/C31H56N2O8/c1-14-35-21(6)36-22(7)37-23(8)38-24(9)39-25(10)41-31(13,40-20(5)34)33-29-17-27(18(2)3)28(32)16-26(29)15-19(4)30(33,11)12/h16-25,34H,14-15,32H2,1-13H3. The van der Waals surface area contributed by atoms with Crippen LogP contribution >= 0.6 is 0 Å². The van der Waals surface area contributed by atoms with Crippen LogP contribution in [0.5, 0.6) is 0 Å². The van der Waals surface area contributed by atoms with E-state index in [1.807, 2.05) is 20.8 Å². The van der Waals surface area contributed by atoms with Crippen LogP contribution in [0.2, 0.25) is 0 Å². The Balaban J connectivity index is 2.26. The molecule has 10 heteroatoms. The van der Waals surface area contributed by atoms with Crippen LogP contribution < -0.4 is 10.6 Å². The summed E-state index contributed by atoms with van der Waals surface area (Å²) in [5.74, 6) is -0.940. The highest BCUT2D eigenvalue weighted by Crippen LogP contribution is 2.47. The van der Waals surface area contributed by atoms with Crippen molar-refractivity contribution in [3.05, 3.63) is 23.3 Å². The number of hydrogen-bond acceptors (Lipinski definition) is 10. The Bertz CT molecular complexity index is 958. The van der Waals surface area contributed by atoms with E-state index in [2.05, 4.69) is 51.7 Å². The Labute approximate surface area is 247 Å². The van der Waals surface area contributed by atoms with Crippen molar-refractivity contribution in [3.63, 3.8) is 0 Å². The summed E-state index contributed by atoms with van der Waals surface area (Å²) < 4.78 is 41.4. The third-order valence-electron chi connectivity index (χ3n) is 7.57. The van der Waals surface area contributed by atoms with Crippen molar-refractivity contribution >= 4 is 11.4 Å². The lowest BCUT2D eigenvalue weighted by Crippen LogP contribution is -2.66. The molecule has 1 aliphatic heterocycles. The molecule has 238 valence electrons. The fraction of sp³-hybridized carbons (Fsp3) is 0.806. The number of anilines is 2. The quantitative estimate of drug-likeness (QED) is 0.176. The molecule has 1 heterocycles. The van der Waals surface area contributed by atoms with Crippen molar-refractivity contribution in [2.75, 3.05) is 17.2 Å². The predicted molar refractivity (Wildman–Crippen MR) is 160 cm³/mol. The molecule has 0 spiro atoms. The molecule has 0 aromatic heterocycles. The van der Waals surface area contributed by atoms with Crippen molar-refractivity contribution in [1.29, 1.82) is 0 Å². The predicted octanol–water partition coefficient (Wildman–Crippen LogP) is 6.05. The van der Waals surface area contributed by atoms with E-state index < -0.39 is 49.2 Å². The minimum Gasteiger partial charge on any atom is -0.398 e. The number of rotatable bonds is 16. The molecular weight excluding hydrogens is 528 g/mol. The largest absolute Gasteiger partial charge is 0.398 e. The summed E-state index contributed by atoms with van der Waals surface area (Å²) >= 11 is 0. The number of ether oxygens (including phenoxy) is 7. The van der Waals surface area contributed by atoms with Gasteiger partial charge in [0.2, 0.25) is 0 Å². The molecule has 0 saturated carbocycles. The Morgan fingerprint density at radius 1 is 0.902 bits per heavy atom. The molecule has 2 rings (SSSR count). The summed E-state index contributed by atoms with van der Waals surface area (Å²) in [4.78, 5) is 2.11. The number of nitrogen functional groups attached to an aromatic ring is 1. The maximum Gasteiger partial charge on any atom is 0.253 e. The van der Waals surface area contributed by atoms with Crippen LogP contribution in [0.25, 0.3) is 0 Å². The van der Waals surface area contributed by atoms with Crippen molar-refractivity contribution in [3.8, 4) is 0 Å². The van der Waals surface area contributed by atoms with Crippen molar-refractivity contribution in [1.82, 2.24) is 0 Å². The number of hydrogen-bond donors (Lipinski definition) is 2. The van der Waals surface area contributed by atoms with Gasteiger partial charge in [-0.1, -0.05) is 20.8 Å².